The van der Waals surface area contributed by atoms with E-state index in [9.17, 15) is 24.2 Å². The Morgan fingerprint density at radius 2 is 1.33 bits per heavy atom. The van der Waals surface area contributed by atoms with Gasteiger partial charge in [-0.2, -0.15) is 0 Å². The summed E-state index contributed by atoms with van der Waals surface area (Å²) < 4.78 is 26.6. The number of aliphatic hydroxyl groups is 1. The minimum absolute atomic E-state index is 0.0750. The van der Waals surface area contributed by atoms with E-state index in [1.54, 1.807) is 0 Å². The number of amides is 1. The van der Waals surface area contributed by atoms with Crippen LogP contribution in [0.25, 0.3) is 0 Å². The van der Waals surface area contributed by atoms with Crippen LogP contribution in [0.2, 0.25) is 0 Å². The number of unbranched alkanes of at least 4 members (excludes halogenated alkanes) is 13. The summed E-state index contributed by atoms with van der Waals surface area (Å²) in [6.45, 7) is 3.40. The maximum atomic E-state index is 12.0. The summed E-state index contributed by atoms with van der Waals surface area (Å²) in [7, 11) is -4.40. The van der Waals surface area contributed by atoms with E-state index in [4.69, 9.17) is 13.8 Å². The van der Waals surface area contributed by atoms with Crippen LogP contribution in [-0.4, -0.2) is 54.3 Å². The number of carbonyl (C=O) groups excluding carboxylic acids is 2. The Hall–Kier alpha value is -1.51. The third-order valence-electron chi connectivity index (χ3n) is 6.62. The molecule has 0 aliphatic rings. The quantitative estimate of drug-likeness (QED) is 0.0323. The van der Waals surface area contributed by atoms with Crippen molar-refractivity contribution in [2.24, 2.45) is 0 Å². The number of phosphoric ester groups is 1. The molecule has 0 aromatic heterocycles. The van der Waals surface area contributed by atoms with Crippen molar-refractivity contribution in [3.05, 3.63) is 24.3 Å². The van der Waals surface area contributed by atoms with Crippen LogP contribution in [0.5, 0.6) is 0 Å². The van der Waals surface area contributed by atoms with E-state index in [1.165, 1.54) is 38.5 Å². The summed E-state index contributed by atoms with van der Waals surface area (Å²) in [5, 5.41) is 12.5. The average Bonchev–Trinajstić information content (AvgIpc) is 2.97. The van der Waals surface area contributed by atoms with Crippen molar-refractivity contribution in [1.29, 1.82) is 0 Å². The van der Waals surface area contributed by atoms with Crippen LogP contribution in [0.3, 0.4) is 0 Å². The first kappa shape index (κ1) is 40.5. The molecule has 3 N–H and O–H groups in total. The van der Waals surface area contributed by atoms with Gasteiger partial charge in [-0.15, -0.1) is 0 Å². The molecule has 1 amide bonds. The van der Waals surface area contributed by atoms with Crippen LogP contribution < -0.4 is 5.32 Å². The molecule has 0 aliphatic carbocycles. The summed E-state index contributed by atoms with van der Waals surface area (Å²) in [5.41, 5.74) is 0. The summed E-state index contributed by atoms with van der Waals surface area (Å²) in [6.07, 6.45) is 26.9. The van der Waals surface area contributed by atoms with Crippen molar-refractivity contribution in [3.8, 4) is 0 Å². The van der Waals surface area contributed by atoms with Gasteiger partial charge in [-0.25, -0.2) is 4.57 Å². The number of hydrogen-bond donors (Lipinski definition) is 3. The van der Waals surface area contributed by atoms with E-state index < -0.39 is 26.5 Å². The fraction of sp³-hybridized carbons (Fsp3) is 0.812. The molecule has 0 aromatic carbocycles. The second-order valence-corrected chi connectivity index (χ2v) is 12.2. The van der Waals surface area contributed by atoms with Crippen molar-refractivity contribution >= 4 is 19.7 Å². The molecule has 9 nitrogen and oxygen atoms in total. The van der Waals surface area contributed by atoms with Crippen molar-refractivity contribution in [2.45, 2.75) is 142 Å². The predicted octanol–water partition coefficient (Wildman–Crippen LogP) is 7.70. The van der Waals surface area contributed by atoms with E-state index in [0.29, 0.717) is 6.42 Å². The molecule has 0 saturated carbocycles. The molecule has 0 aliphatic heterocycles. The van der Waals surface area contributed by atoms with E-state index in [2.05, 4.69) is 43.5 Å². The molecule has 246 valence electrons. The maximum absolute atomic E-state index is 12.0. The summed E-state index contributed by atoms with van der Waals surface area (Å²) in [6, 6.07) is 0. The standard InChI is InChI=1S/C32H60NO8P/c1-3-5-7-9-11-13-14-15-16-17-18-20-22-24-31(35)33-26-27-40-42(37,38)41-29-30(34)28-39-32(36)25-23-21-19-12-10-8-6-4-2/h7,9,13-14,30,34H,3-6,8,10-12,15-29H2,1-2H3,(H,33,35)(H,37,38)/b9-7-,14-13-. The van der Waals surface area contributed by atoms with Gasteiger partial charge in [-0.3, -0.25) is 18.6 Å². The molecule has 42 heavy (non-hydrogen) atoms. The molecule has 0 aromatic rings. The molecule has 0 fully saturated rings. The lowest BCUT2D eigenvalue weighted by Crippen LogP contribution is -2.27. The largest absolute Gasteiger partial charge is 0.472 e. The summed E-state index contributed by atoms with van der Waals surface area (Å²) in [5.74, 6) is -0.538. The third kappa shape index (κ3) is 30.0. The Bertz CT molecular complexity index is 759. The van der Waals surface area contributed by atoms with Crippen molar-refractivity contribution in [2.75, 3.05) is 26.4 Å². The Balaban J connectivity index is 3.68. The van der Waals surface area contributed by atoms with Crippen LogP contribution in [0.4, 0.5) is 0 Å². The Morgan fingerprint density at radius 3 is 2.00 bits per heavy atom. The molecule has 0 rings (SSSR count). The second-order valence-electron chi connectivity index (χ2n) is 10.8. The first-order chi connectivity index (χ1) is 20.3. The van der Waals surface area contributed by atoms with Gasteiger partial charge in [0.2, 0.25) is 5.91 Å². The average molecular weight is 618 g/mol. The van der Waals surface area contributed by atoms with Crippen LogP contribution in [0, 0.1) is 0 Å². The molecular weight excluding hydrogens is 557 g/mol. The van der Waals surface area contributed by atoms with Gasteiger partial charge in [-0.05, 0) is 38.5 Å². The van der Waals surface area contributed by atoms with Gasteiger partial charge < -0.3 is 20.1 Å². The van der Waals surface area contributed by atoms with E-state index in [1.807, 2.05) is 0 Å². The number of phosphoric acid groups is 1. The monoisotopic (exact) mass is 617 g/mol. The number of hydrogen-bond acceptors (Lipinski definition) is 7. The molecule has 0 bridgehead atoms. The predicted molar refractivity (Wildman–Crippen MR) is 169 cm³/mol. The van der Waals surface area contributed by atoms with E-state index in [0.717, 1.165) is 70.6 Å². The zero-order chi connectivity index (χ0) is 31.2. The molecule has 2 atom stereocenters. The zero-order valence-electron chi connectivity index (χ0n) is 26.4. The number of rotatable bonds is 30. The normalized spacial score (nSPS) is 13.9. The third-order valence-corrected chi connectivity index (χ3v) is 7.60. The van der Waals surface area contributed by atoms with Gasteiger partial charge in [0, 0.05) is 19.4 Å². The molecule has 0 radical (unpaired) electrons. The highest BCUT2D eigenvalue weighted by molar-refractivity contribution is 7.47. The number of allylic oxidation sites excluding steroid dienone is 4. The Morgan fingerprint density at radius 1 is 0.738 bits per heavy atom. The molecule has 0 saturated heterocycles. The minimum atomic E-state index is -4.40. The molecule has 2 unspecified atom stereocenters. The highest BCUT2D eigenvalue weighted by atomic mass is 31.2. The van der Waals surface area contributed by atoms with Gasteiger partial charge in [0.25, 0.3) is 0 Å². The van der Waals surface area contributed by atoms with Gasteiger partial charge in [0.05, 0.1) is 13.2 Å². The minimum Gasteiger partial charge on any atom is -0.463 e. The van der Waals surface area contributed by atoms with Crippen LogP contribution in [0.15, 0.2) is 24.3 Å². The van der Waals surface area contributed by atoms with Gasteiger partial charge in [0.1, 0.15) is 12.7 Å². The highest BCUT2D eigenvalue weighted by Crippen LogP contribution is 2.42. The highest BCUT2D eigenvalue weighted by Gasteiger charge is 2.23. The lowest BCUT2D eigenvalue weighted by molar-refractivity contribution is -0.147. The first-order valence-electron chi connectivity index (χ1n) is 16.3. The molecule has 0 heterocycles. The smallest absolute Gasteiger partial charge is 0.463 e. The van der Waals surface area contributed by atoms with E-state index >= 15 is 0 Å². The lowest BCUT2D eigenvalue weighted by Gasteiger charge is -2.15. The van der Waals surface area contributed by atoms with Crippen molar-refractivity contribution in [3.63, 3.8) is 0 Å². The van der Waals surface area contributed by atoms with Crippen molar-refractivity contribution in [1.82, 2.24) is 5.32 Å². The summed E-state index contributed by atoms with van der Waals surface area (Å²) >= 11 is 0. The summed E-state index contributed by atoms with van der Waals surface area (Å²) in [4.78, 5) is 33.5. The second kappa shape index (κ2) is 29.6. The number of aliphatic hydroxyl groups excluding tert-OH is 1. The maximum Gasteiger partial charge on any atom is 0.472 e. The molecule has 0 spiro atoms. The zero-order valence-corrected chi connectivity index (χ0v) is 27.3. The first-order valence-corrected chi connectivity index (χ1v) is 17.8. The molecular formula is C32H60NO8P. The van der Waals surface area contributed by atoms with Crippen LogP contribution >= 0.6 is 7.82 Å². The number of nitrogens with one attached hydrogen (secondary N) is 1. The van der Waals surface area contributed by atoms with Crippen LogP contribution in [-0.2, 0) is 27.9 Å². The van der Waals surface area contributed by atoms with Crippen LogP contribution in [0.1, 0.15) is 136 Å². The Kier molecular flexibility index (Phi) is 28.5. The number of carbonyl (C=O) groups is 2. The van der Waals surface area contributed by atoms with Gasteiger partial charge in [0.15, 0.2) is 0 Å². The SMILES string of the molecule is CCC/C=C\C/C=C\CCCCCCCC(=O)NCCOP(=O)(O)OCC(O)COC(=O)CCCCCCCCCC. The van der Waals surface area contributed by atoms with Crippen molar-refractivity contribution < 1.29 is 37.9 Å². The molecule has 10 heteroatoms. The van der Waals surface area contributed by atoms with Gasteiger partial charge in [-0.1, -0.05) is 109 Å². The van der Waals surface area contributed by atoms with E-state index in [-0.39, 0.29) is 32.1 Å². The Labute approximate surface area is 255 Å². The topological polar surface area (TPSA) is 131 Å². The van der Waals surface area contributed by atoms with Gasteiger partial charge >= 0.3 is 13.8 Å². The fourth-order valence-corrected chi connectivity index (χ4v) is 4.88. The number of esters is 1. The fourth-order valence-electron chi connectivity index (χ4n) is 4.12. The number of ether oxygens (including phenoxy) is 1. The lowest BCUT2D eigenvalue weighted by atomic mass is 10.1.